The lowest BCUT2D eigenvalue weighted by Gasteiger charge is -2.26. The summed E-state index contributed by atoms with van der Waals surface area (Å²) in [5.41, 5.74) is 5.00. The van der Waals surface area contributed by atoms with E-state index in [1.807, 2.05) is 37.3 Å². The standard InChI is InChI=1S/C28H34Cl2N4O4S.ClH/c1-19-25(27(35)32-33-15-6-5-7-16-33)31-26(23-13-8-20(29)18-24(23)30)34(19)21-9-11-22(12-10-21)38-39(36,37)17-14-28(2,3)4;/h8-13,18H,5-7,14-17H2,1-4H3,(H,32,35);1H. The van der Waals surface area contributed by atoms with Crippen molar-refractivity contribution in [3.63, 3.8) is 0 Å². The van der Waals surface area contributed by atoms with Crippen LogP contribution in [-0.2, 0) is 10.1 Å². The van der Waals surface area contributed by atoms with Crippen LogP contribution in [-0.4, -0.2) is 47.7 Å². The van der Waals surface area contributed by atoms with Crippen LogP contribution in [0, 0.1) is 12.3 Å². The molecule has 40 heavy (non-hydrogen) atoms. The molecule has 1 fully saturated rings. The molecule has 1 N–H and O–H groups in total. The number of benzene rings is 2. The second-order valence-corrected chi connectivity index (χ2v) is 13.5. The van der Waals surface area contributed by atoms with Crippen LogP contribution in [0.25, 0.3) is 17.1 Å². The van der Waals surface area contributed by atoms with Gasteiger partial charge in [-0.3, -0.25) is 14.8 Å². The van der Waals surface area contributed by atoms with Crippen molar-refractivity contribution >= 4 is 51.6 Å². The van der Waals surface area contributed by atoms with E-state index in [-0.39, 0.29) is 40.9 Å². The molecule has 1 amide bonds. The molecule has 2 aromatic carbocycles. The Morgan fingerprint density at radius 3 is 2.30 bits per heavy atom. The molecule has 3 aromatic rings. The lowest BCUT2D eigenvalue weighted by atomic mass is 9.94. The highest BCUT2D eigenvalue weighted by molar-refractivity contribution is 7.87. The lowest BCUT2D eigenvalue weighted by Crippen LogP contribution is -2.45. The highest BCUT2D eigenvalue weighted by Crippen LogP contribution is 2.34. The quantitative estimate of drug-likeness (QED) is 0.274. The molecule has 0 radical (unpaired) electrons. The normalized spacial score (nSPS) is 14.4. The second-order valence-electron chi connectivity index (χ2n) is 11.0. The summed E-state index contributed by atoms with van der Waals surface area (Å²) in [6.07, 6.45) is 3.69. The van der Waals surface area contributed by atoms with Gasteiger partial charge in [0.1, 0.15) is 11.6 Å². The smallest absolute Gasteiger partial charge is 0.309 e. The number of hydrogen-bond donors (Lipinski definition) is 1. The van der Waals surface area contributed by atoms with Crippen LogP contribution in [0.4, 0.5) is 0 Å². The molecule has 1 aliphatic rings. The van der Waals surface area contributed by atoms with Gasteiger partial charge in [-0.25, -0.2) is 9.99 Å². The van der Waals surface area contributed by atoms with Crippen molar-refractivity contribution in [2.24, 2.45) is 5.41 Å². The van der Waals surface area contributed by atoms with E-state index in [0.29, 0.717) is 39.2 Å². The van der Waals surface area contributed by atoms with Crippen molar-refractivity contribution in [2.75, 3.05) is 18.8 Å². The maximum atomic E-state index is 13.3. The van der Waals surface area contributed by atoms with Crippen LogP contribution in [0.15, 0.2) is 42.5 Å². The van der Waals surface area contributed by atoms with E-state index in [0.717, 1.165) is 32.4 Å². The predicted octanol–water partition coefficient (Wildman–Crippen LogP) is 6.85. The summed E-state index contributed by atoms with van der Waals surface area (Å²) in [5.74, 6) is 0.293. The zero-order chi connectivity index (χ0) is 28.4. The number of halogens is 3. The molecule has 2 heterocycles. The third kappa shape index (κ3) is 8.13. The second kappa shape index (κ2) is 13.1. The van der Waals surface area contributed by atoms with E-state index in [9.17, 15) is 13.2 Å². The van der Waals surface area contributed by atoms with Gasteiger partial charge in [0.15, 0.2) is 5.69 Å². The number of hydrogen-bond acceptors (Lipinski definition) is 6. The number of hydrazine groups is 1. The molecular weight excluding hydrogens is 595 g/mol. The monoisotopic (exact) mass is 628 g/mol. The number of carbonyl (C=O) groups excluding carboxylic acids is 1. The van der Waals surface area contributed by atoms with Crippen molar-refractivity contribution in [1.29, 1.82) is 0 Å². The Kier molecular flexibility index (Phi) is 10.6. The van der Waals surface area contributed by atoms with Gasteiger partial charge in [0.2, 0.25) is 0 Å². The van der Waals surface area contributed by atoms with Crippen LogP contribution < -0.4 is 9.61 Å². The summed E-state index contributed by atoms with van der Waals surface area (Å²) in [6.45, 7) is 9.35. The predicted molar refractivity (Wildman–Crippen MR) is 162 cm³/mol. The molecule has 0 aliphatic carbocycles. The first-order valence-corrected chi connectivity index (χ1v) is 15.3. The molecule has 1 saturated heterocycles. The zero-order valence-electron chi connectivity index (χ0n) is 23.0. The van der Waals surface area contributed by atoms with Gasteiger partial charge in [-0.1, -0.05) is 50.4 Å². The van der Waals surface area contributed by atoms with E-state index in [2.05, 4.69) is 5.43 Å². The van der Waals surface area contributed by atoms with Crippen LogP contribution in [0.2, 0.25) is 10.0 Å². The summed E-state index contributed by atoms with van der Waals surface area (Å²) in [7, 11) is -3.74. The van der Waals surface area contributed by atoms with E-state index in [1.54, 1.807) is 42.5 Å². The Hall–Kier alpha value is -2.30. The van der Waals surface area contributed by atoms with Crippen molar-refractivity contribution in [3.8, 4) is 22.8 Å². The molecule has 0 atom stereocenters. The molecule has 4 rings (SSSR count). The number of carbonyl (C=O) groups is 1. The minimum atomic E-state index is -3.74. The molecule has 0 bridgehead atoms. The third-order valence-corrected chi connectivity index (χ3v) is 8.23. The summed E-state index contributed by atoms with van der Waals surface area (Å²) in [6, 6.07) is 11.7. The topological polar surface area (TPSA) is 93.5 Å². The summed E-state index contributed by atoms with van der Waals surface area (Å²) >= 11 is 12.7. The van der Waals surface area contributed by atoms with Crippen LogP contribution in [0.5, 0.6) is 5.75 Å². The number of imidazole rings is 1. The number of piperidine rings is 1. The number of nitrogens with zero attached hydrogens (tertiary/aromatic N) is 3. The molecular formula is C28H35Cl3N4O4S. The number of aromatic nitrogens is 2. The number of nitrogens with one attached hydrogen (secondary N) is 1. The van der Waals surface area contributed by atoms with Crippen molar-refractivity contribution in [3.05, 3.63) is 63.9 Å². The Bertz CT molecular complexity index is 1450. The Morgan fingerprint density at radius 2 is 1.70 bits per heavy atom. The van der Waals surface area contributed by atoms with Crippen LogP contribution >= 0.6 is 35.6 Å². The van der Waals surface area contributed by atoms with Gasteiger partial charge in [0.25, 0.3) is 5.91 Å². The molecule has 0 spiro atoms. The average molecular weight is 630 g/mol. The van der Waals surface area contributed by atoms with Crippen molar-refractivity contribution in [2.45, 2.75) is 53.4 Å². The van der Waals surface area contributed by atoms with Gasteiger partial charge in [-0.15, -0.1) is 12.4 Å². The minimum Gasteiger partial charge on any atom is -0.382 e. The van der Waals surface area contributed by atoms with Crippen molar-refractivity contribution in [1.82, 2.24) is 20.0 Å². The van der Waals surface area contributed by atoms with Gasteiger partial charge in [-0.2, -0.15) is 8.42 Å². The molecule has 1 aliphatic heterocycles. The molecule has 1 aromatic heterocycles. The SMILES string of the molecule is Cc1c(C(=O)NN2CCCCC2)nc(-c2ccc(Cl)cc2Cl)n1-c1ccc(OS(=O)(=O)CCC(C)(C)C)cc1.Cl. The van der Waals surface area contributed by atoms with Gasteiger partial charge >= 0.3 is 10.1 Å². The number of amides is 1. The van der Waals surface area contributed by atoms with Gasteiger partial charge in [0, 0.05) is 29.4 Å². The fourth-order valence-electron chi connectivity index (χ4n) is 4.36. The number of rotatable bonds is 8. The van der Waals surface area contributed by atoms with Gasteiger partial charge in [0.05, 0.1) is 16.5 Å². The lowest BCUT2D eigenvalue weighted by molar-refractivity contribution is 0.0744. The molecule has 0 saturated carbocycles. The minimum absolute atomic E-state index is 0. The largest absolute Gasteiger partial charge is 0.382 e. The Morgan fingerprint density at radius 1 is 1.05 bits per heavy atom. The third-order valence-electron chi connectivity index (χ3n) is 6.53. The summed E-state index contributed by atoms with van der Waals surface area (Å²) in [5, 5.41) is 2.79. The Labute approximate surface area is 252 Å². The van der Waals surface area contributed by atoms with Crippen LogP contribution in [0.1, 0.15) is 62.6 Å². The van der Waals surface area contributed by atoms with E-state index in [1.165, 1.54) is 0 Å². The maximum Gasteiger partial charge on any atom is 0.309 e. The molecule has 12 heteroatoms. The maximum absolute atomic E-state index is 13.3. The zero-order valence-corrected chi connectivity index (χ0v) is 26.2. The van der Waals surface area contributed by atoms with Crippen LogP contribution in [0.3, 0.4) is 0 Å². The van der Waals surface area contributed by atoms with E-state index < -0.39 is 10.1 Å². The van der Waals surface area contributed by atoms with E-state index >= 15 is 0 Å². The fourth-order valence-corrected chi connectivity index (χ4v) is 6.20. The summed E-state index contributed by atoms with van der Waals surface area (Å²) < 4.78 is 32.1. The van der Waals surface area contributed by atoms with Gasteiger partial charge in [-0.05, 0) is 74.1 Å². The fraction of sp³-hybridized carbons (Fsp3) is 0.429. The average Bonchev–Trinajstić information content (AvgIpc) is 3.20. The van der Waals surface area contributed by atoms with Gasteiger partial charge < -0.3 is 4.18 Å². The highest BCUT2D eigenvalue weighted by Gasteiger charge is 2.25. The first kappa shape index (κ1) is 32.2. The molecule has 8 nitrogen and oxygen atoms in total. The highest BCUT2D eigenvalue weighted by atomic mass is 35.5. The first-order chi connectivity index (χ1) is 18.3. The van der Waals surface area contributed by atoms with E-state index in [4.69, 9.17) is 32.4 Å². The Balaban J connectivity index is 0.00000441. The van der Waals surface area contributed by atoms with Crippen molar-refractivity contribution < 1.29 is 17.4 Å². The molecule has 218 valence electrons. The molecule has 0 unspecified atom stereocenters. The first-order valence-electron chi connectivity index (χ1n) is 13.0. The summed E-state index contributed by atoms with van der Waals surface area (Å²) in [4.78, 5) is 18.0.